The SMILES string of the molecule is CNC(=O)NC(=O)CN1CCCNCC1. The summed E-state index contributed by atoms with van der Waals surface area (Å²) in [4.78, 5) is 24.3. The van der Waals surface area contributed by atoms with Gasteiger partial charge in [0, 0.05) is 20.1 Å². The van der Waals surface area contributed by atoms with Gasteiger partial charge in [-0.25, -0.2) is 4.79 Å². The van der Waals surface area contributed by atoms with Gasteiger partial charge in [0.05, 0.1) is 6.54 Å². The molecule has 3 N–H and O–H groups in total. The third-order valence-electron chi connectivity index (χ3n) is 2.28. The van der Waals surface area contributed by atoms with E-state index in [0.29, 0.717) is 0 Å². The number of nitrogens with zero attached hydrogens (tertiary/aromatic N) is 1. The Labute approximate surface area is 89.4 Å². The van der Waals surface area contributed by atoms with Gasteiger partial charge in [-0.2, -0.15) is 0 Å². The van der Waals surface area contributed by atoms with Crippen LogP contribution >= 0.6 is 0 Å². The molecule has 6 heteroatoms. The Morgan fingerprint density at radius 2 is 2.13 bits per heavy atom. The van der Waals surface area contributed by atoms with Crippen LogP contribution in [0, 0.1) is 0 Å². The van der Waals surface area contributed by atoms with Crippen molar-refractivity contribution in [1.82, 2.24) is 20.9 Å². The molecule has 1 rings (SSSR count). The Morgan fingerprint density at radius 3 is 2.87 bits per heavy atom. The van der Waals surface area contributed by atoms with E-state index in [4.69, 9.17) is 0 Å². The Bertz CT molecular complexity index is 224. The molecule has 15 heavy (non-hydrogen) atoms. The molecule has 0 spiro atoms. The van der Waals surface area contributed by atoms with Crippen molar-refractivity contribution in [2.24, 2.45) is 0 Å². The van der Waals surface area contributed by atoms with E-state index >= 15 is 0 Å². The predicted molar refractivity (Wildman–Crippen MR) is 56.5 cm³/mol. The highest BCUT2D eigenvalue weighted by atomic mass is 16.2. The van der Waals surface area contributed by atoms with E-state index in [0.717, 1.165) is 32.6 Å². The Kier molecular flexibility index (Phi) is 5.06. The van der Waals surface area contributed by atoms with Gasteiger partial charge in [-0.3, -0.25) is 15.0 Å². The van der Waals surface area contributed by atoms with Gasteiger partial charge in [0.15, 0.2) is 0 Å². The molecule has 6 nitrogen and oxygen atoms in total. The maximum atomic E-state index is 11.4. The van der Waals surface area contributed by atoms with E-state index in [1.165, 1.54) is 7.05 Å². The van der Waals surface area contributed by atoms with Crippen molar-refractivity contribution in [3.05, 3.63) is 0 Å². The number of amides is 3. The topological polar surface area (TPSA) is 73.5 Å². The second-order valence-electron chi connectivity index (χ2n) is 3.51. The van der Waals surface area contributed by atoms with Crippen molar-refractivity contribution in [2.45, 2.75) is 6.42 Å². The number of rotatable bonds is 2. The molecule has 0 atom stereocenters. The van der Waals surface area contributed by atoms with Gasteiger partial charge in [0.2, 0.25) is 5.91 Å². The fourth-order valence-corrected chi connectivity index (χ4v) is 1.49. The van der Waals surface area contributed by atoms with E-state index in [1.807, 2.05) is 4.90 Å². The lowest BCUT2D eigenvalue weighted by atomic mass is 10.4. The van der Waals surface area contributed by atoms with Gasteiger partial charge in [-0.15, -0.1) is 0 Å². The summed E-state index contributed by atoms with van der Waals surface area (Å²) in [5, 5.41) is 7.84. The highest BCUT2D eigenvalue weighted by molar-refractivity contribution is 5.95. The average Bonchev–Trinajstić information content (AvgIpc) is 2.46. The van der Waals surface area contributed by atoms with Gasteiger partial charge in [0.1, 0.15) is 0 Å². The standard InChI is InChI=1S/C9H18N4O2/c1-10-9(15)12-8(14)7-13-5-2-3-11-4-6-13/h11H,2-7H2,1H3,(H2,10,12,14,15). The maximum absolute atomic E-state index is 11.4. The largest absolute Gasteiger partial charge is 0.341 e. The number of carbonyl (C=O) groups is 2. The molecule has 1 saturated heterocycles. The first-order valence-electron chi connectivity index (χ1n) is 5.17. The Hall–Kier alpha value is -1.14. The first-order chi connectivity index (χ1) is 7.22. The minimum atomic E-state index is -0.451. The van der Waals surface area contributed by atoms with E-state index in [1.54, 1.807) is 0 Å². The molecular weight excluding hydrogens is 196 g/mol. The van der Waals surface area contributed by atoms with Gasteiger partial charge >= 0.3 is 6.03 Å². The van der Waals surface area contributed by atoms with Crippen molar-refractivity contribution in [1.29, 1.82) is 0 Å². The lowest BCUT2D eigenvalue weighted by molar-refractivity contribution is -0.121. The summed E-state index contributed by atoms with van der Waals surface area (Å²) >= 11 is 0. The van der Waals surface area contributed by atoms with Crippen molar-refractivity contribution < 1.29 is 9.59 Å². The summed E-state index contributed by atoms with van der Waals surface area (Å²) in [7, 11) is 1.48. The predicted octanol–water partition coefficient (Wildman–Crippen LogP) is -1.26. The summed E-state index contributed by atoms with van der Waals surface area (Å²) in [6, 6.07) is -0.451. The third-order valence-corrected chi connectivity index (χ3v) is 2.28. The zero-order valence-corrected chi connectivity index (χ0v) is 9.01. The quantitative estimate of drug-likeness (QED) is 0.536. The summed E-state index contributed by atoms with van der Waals surface area (Å²) in [6.07, 6.45) is 1.03. The van der Waals surface area contributed by atoms with Crippen LogP contribution < -0.4 is 16.0 Å². The molecule has 0 aliphatic carbocycles. The number of nitrogens with one attached hydrogen (secondary N) is 3. The fourth-order valence-electron chi connectivity index (χ4n) is 1.49. The minimum absolute atomic E-state index is 0.253. The summed E-state index contributed by atoms with van der Waals surface area (Å²) in [6.45, 7) is 3.92. The summed E-state index contributed by atoms with van der Waals surface area (Å²) in [5.74, 6) is -0.253. The van der Waals surface area contributed by atoms with Crippen molar-refractivity contribution in [3.63, 3.8) is 0 Å². The van der Waals surface area contributed by atoms with Crippen LogP contribution in [0.2, 0.25) is 0 Å². The van der Waals surface area contributed by atoms with Crippen LogP contribution in [0.4, 0.5) is 4.79 Å². The lowest BCUT2D eigenvalue weighted by Gasteiger charge is -2.18. The van der Waals surface area contributed by atoms with E-state index < -0.39 is 6.03 Å². The molecule has 1 fully saturated rings. The molecule has 0 radical (unpaired) electrons. The molecular formula is C9H18N4O2. The second kappa shape index (κ2) is 6.36. The first-order valence-corrected chi connectivity index (χ1v) is 5.17. The molecule has 0 aromatic carbocycles. The Balaban J connectivity index is 2.26. The van der Waals surface area contributed by atoms with Gasteiger partial charge < -0.3 is 10.6 Å². The number of carbonyl (C=O) groups excluding carboxylic acids is 2. The first kappa shape index (κ1) is 11.9. The third kappa shape index (κ3) is 4.75. The smallest absolute Gasteiger partial charge is 0.321 e. The van der Waals surface area contributed by atoms with Crippen LogP contribution in [0.25, 0.3) is 0 Å². The fraction of sp³-hybridized carbons (Fsp3) is 0.778. The molecule has 3 amide bonds. The number of hydrogen-bond acceptors (Lipinski definition) is 4. The van der Waals surface area contributed by atoms with Gasteiger partial charge in [-0.05, 0) is 19.5 Å². The van der Waals surface area contributed by atoms with Crippen LogP contribution in [0.3, 0.4) is 0 Å². The molecule has 1 aliphatic heterocycles. The number of hydrogen-bond donors (Lipinski definition) is 3. The molecule has 0 bridgehead atoms. The van der Waals surface area contributed by atoms with Gasteiger partial charge in [-0.1, -0.05) is 0 Å². The van der Waals surface area contributed by atoms with Crippen LogP contribution in [0.15, 0.2) is 0 Å². The zero-order chi connectivity index (χ0) is 11.1. The molecule has 0 aromatic heterocycles. The van der Waals surface area contributed by atoms with Crippen LogP contribution in [0.5, 0.6) is 0 Å². The van der Waals surface area contributed by atoms with E-state index in [2.05, 4.69) is 16.0 Å². The lowest BCUT2D eigenvalue weighted by Crippen LogP contribution is -2.44. The highest BCUT2D eigenvalue weighted by Crippen LogP contribution is 1.94. The van der Waals surface area contributed by atoms with Crippen LogP contribution in [0.1, 0.15) is 6.42 Å². The number of imide groups is 1. The van der Waals surface area contributed by atoms with Crippen molar-refractivity contribution in [2.75, 3.05) is 39.8 Å². The second-order valence-corrected chi connectivity index (χ2v) is 3.51. The molecule has 1 heterocycles. The molecule has 0 saturated carbocycles. The zero-order valence-electron chi connectivity index (χ0n) is 9.01. The minimum Gasteiger partial charge on any atom is -0.341 e. The molecule has 0 unspecified atom stereocenters. The van der Waals surface area contributed by atoms with Crippen LogP contribution in [-0.2, 0) is 4.79 Å². The average molecular weight is 214 g/mol. The van der Waals surface area contributed by atoms with E-state index in [-0.39, 0.29) is 12.5 Å². The van der Waals surface area contributed by atoms with Crippen molar-refractivity contribution in [3.8, 4) is 0 Å². The summed E-state index contributed by atoms with van der Waals surface area (Å²) in [5.41, 5.74) is 0. The maximum Gasteiger partial charge on any atom is 0.321 e. The van der Waals surface area contributed by atoms with Gasteiger partial charge in [0.25, 0.3) is 0 Å². The number of urea groups is 1. The molecule has 1 aliphatic rings. The Morgan fingerprint density at radius 1 is 1.33 bits per heavy atom. The summed E-state index contributed by atoms with van der Waals surface area (Å²) < 4.78 is 0. The van der Waals surface area contributed by atoms with Crippen LogP contribution in [-0.4, -0.2) is 56.6 Å². The van der Waals surface area contributed by atoms with Crippen molar-refractivity contribution >= 4 is 11.9 Å². The van der Waals surface area contributed by atoms with E-state index in [9.17, 15) is 9.59 Å². The monoisotopic (exact) mass is 214 g/mol. The molecule has 0 aromatic rings. The highest BCUT2D eigenvalue weighted by Gasteiger charge is 2.13. The normalized spacial score (nSPS) is 17.9. The molecule has 86 valence electrons.